The number of amides is 1. The lowest BCUT2D eigenvalue weighted by Crippen LogP contribution is -2.79. The van der Waals surface area contributed by atoms with Gasteiger partial charge in [-0.2, -0.15) is 0 Å². The molecule has 1 heterocycles. The summed E-state index contributed by atoms with van der Waals surface area (Å²) in [5, 5.41) is 51.8. The van der Waals surface area contributed by atoms with Crippen molar-refractivity contribution in [2.75, 3.05) is 6.61 Å². The topological polar surface area (TPSA) is 207 Å². The number of carbonyl (C=O) groups is 4. The molecular weight excluding hydrogens is 738 g/mol. The van der Waals surface area contributed by atoms with Gasteiger partial charge in [-0.05, 0) is 62.1 Å². The van der Waals surface area contributed by atoms with Crippen LogP contribution in [0, 0.1) is 16.7 Å². The number of hydrogen-bond acceptors (Lipinski definition) is 13. The number of nitrogens with one attached hydrogen (secondary N) is 1. The Morgan fingerprint density at radius 1 is 0.965 bits per heavy atom. The van der Waals surface area contributed by atoms with Crippen molar-refractivity contribution in [1.29, 1.82) is 0 Å². The summed E-state index contributed by atoms with van der Waals surface area (Å²) in [5.41, 5.74) is -5.82. The fourth-order valence-corrected chi connectivity index (χ4v) is 9.85. The van der Waals surface area contributed by atoms with E-state index in [1.54, 1.807) is 108 Å². The third-order valence-electron chi connectivity index (χ3n) is 12.6. The number of alkyl carbamates (subject to hydrolysis) is 1. The first kappa shape index (κ1) is 40.6. The fraction of sp³-hybridized carbons (Fsp3) is 0.535. The van der Waals surface area contributed by atoms with Gasteiger partial charge in [-0.15, -0.1) is 0 Å². The zero-order valence-corrected chi connectivity index (χ0v) is 33.1. The highest BCUT2D eigenvalue weighted by molar-refractivity contribution is 5.89. The quantitative estimate of drug-likeness (QED) is 0.147. The lowest BCUT2D eigenvalue weighted by atomic mass is 9.48. The fourth-order valence-electron chi connectivity index (χ4n) is 9.85. The normalized spacial score (nSPS) is 34.5. The van der Waals surface area contributed by atoms with Gasteiger partial charge in [0.25, 0.3) is 0 Å². The number of carbonyl (C=O) groups excluding carboxylic acids is 4. The van der Waals surface area contributed by atoms with E-state index < -0.39 is 107 Å². The van der Waals surface area contributed by atoms with Crippen molar-refractivity contribution in [3.05, 3.63) is 94.6 Å². The molecule has 0 unspecified atom stereocenters. The Kier molecular flexibility index (Phi) is 10.0. The number of benzene rings is 2. The summed E-state index contributed by atoms with van der Waals surface area (Å²) in [5.74, 6) is -3.80. The Bertz CT molecular complexity index is 2010. The molecule has 2 saturated carbocycles. The summed E-state index contributed by atoms with van der Waals surface area (Å²) in [6, 6.07) is 15.1. The van der Waals surface area contributed by atoms with E-state index in [2.05, 4.69) is 5.32 Å². The van der Waals surface area contributed by atoms with Crippen molar-refractivity contribution < 1.29 is 63.3 Å². The van der Waals surface area contributed by atoms with Gasteiger partial charge < -0.3 is 49.4 Å². The van der Waals surface area contributed by atoms with Crippen LogP contribution in [0.4, 0.5) is 4.79 Å². The van der Waals surface area contributed by atoms with E-state index >= 15 is 0 Å². The Morgan fingerprint density at radius 2 is 1.60 bits per heavy atom. The van der Waals surface area contributed by atoms with E-state index in [1.807, 2.05) is 0 Å². The number of ether oxygens (including phenoxy) is 5. The van der Waals surface area contributed by atoms with Crippen LogP contribution in [0.2, 0.25) is 0 Å². The molecule has 1 spiro atoms. The molecule has 1 amide bonds. The highest BCUT2D eigenvalue weighted by atomic mass is 16.6. The average Bonchev–Trinajstić information content (AvgIpc) is 3.88. The van der Waals surface area contributed by atoms with Gasteiger partial charge in [0.1, 0.15) is 29.5 Å². The van der Waals surface area contributed by atoms with Gasteiger partial charge in [-0.25, -0.2) is 14.4 Å². The molecule has 5 aliphatic rings. The standard InChI is InChI=1S/C43H51NO13/c1-22-27(54-37(50)33(48)31(24-14-10-8-11-15-24)44-38(51)57-39(3,4)5)20-43(52)35(55-36(49)25-16-12-9-13-17-25)34-41(19-26(41)32(47)30(22)40(43,6)7)28(46)18-29-42(34,21-53-29)56-23(2)45/h8-17,19,27-29,31-35,46-48,52H,18,20-21H2,1-7H3,(H,44,51)/t27-,28-,29+,31-,32-,33+,34-,35-,41+,42-,43+/m0/s1. The second kappa shape index (κ2) is 14.0. The molecule has 14 nitrogen and oxygen atoms in total. The third-order valence-corrected chi connectivity index (χ3v) is 12.6. The molecule has 57 heavy (non-hydrogen) atoms. The number of aliphatic hydroxyl groups excluding tert-OH is 3. The lowest BCUT2D eigenvalue weighted by molar-refractivity contribution is -0.337. The number of esters is 3. The maximum absolute atomic E-state index is 14.1. The van der Waals surface area contributed by atoms with Gasteiger partial charge in [0.2, 0.25) is 0 Å². The average molecular weight is 790 g/mol. The number of rotatable bonds is 8. The monoisotopic (exact) mass is 789 g/mol. The van der Waals surface area contributed by atoms with Gasteiger partial charge in [0, 0.05) is 30.6 Å². The Labute approximate surface area is 330 Å². The van der Waals surface area contributed by atoms with Crippen LogP contribution in [0.1, 0.15) is 83.3 Å². The van der Waals surface area contributed by atoms with E-state index in [-0.39, 0.29) is 24.2 Å². The molecule has 1 saturated heterocycles. The molecule has 14 heteroatoms. The first-order chi connectivity index (χ1) is 26.7. The van der Waals surface area contributed by atoms with Gasteiger partial charge in [-0.3, -0.25) is 4.79 Å². The van der Waals surface area contributed by atoms with Gasteiger partial charge in [0.05, 0.1) is 36.3 Å². The van der Waals surface area contributed by atoms with Crippen LogP contribution in [0.15, 0.2) is 83.5 Å². The molecule has 0 aromatic heterocycles. The third kappa shape index (κ3) is 6.55. The van der Waals surface area contributed by atoms with Crippen molar-refractivity contribution in [3.8, 4) is 0 Å². The minimum Gasteiger partial charge on any atom is -0.456 e. The molecule has 2 aromatic rings. The predicted molar refractivity (Wildman–Crippen MR) is 201 cm³/mol. The van der Waals surface area contributed by atoms with E-state index in [1.165, 1.54) is 6.92 Å². The van der Waals surface area contributed by atoms with Crippen molar-refractivity contribution in [3.63, 3.8) is 0 Å². The van der Waals surface area contributed by atoms with E-state index in [0.717, 1.165) is 0 Å². The zero-order chi connectivity index (χ0) is 41.5. The van der Waals surface area contributed by atoms with Crippen LogP contribution in [-0.2, 0) is 33.3 Å². The second-order valence-corrected chi connectivity index (χ2v) is 17.5. The summed E-state index contributed by atoms with van der Waals surface area (Å²) in [6.07, 6.45) is -7.87. The molecule has 306 valence electrons. The van der Waals surface area contributed by atoms with Crippen molar-refractivity contribution in [2.24, 2.45) is 16.7 Å². The minimum atomic E-state index is -2.19. The predicted octanol–water partition coefficient (Wildman–Crippen LogP) is 3.61. The molecule has 2 aromatic carbocycles. The first-order valence-corrected chi connectivity index (χ1v) is 19.2. The molecule has 2 bridgehead atoms. The van der Waals surface area contributed by atoms with Crippen LogP contribution >= 0.6 is 0 Å². The van der Waals surface area contributed by atoms with Crippen molar-refractivity contribution in [2.45, 2.75) is 121 Å². The van der Waals surface area contributed by atoms with Crippen LogP contribution in [-0.4, -0.2) is 104 Å². The summed E-state index contributed by atoms with van der Waals surface area (Å²) in [7, 11) is 0. The van der Waals surface area contributed by atoms with Crippen LogP contribution < -0.4 is 5.32 Å². The highest BCUT2D eigenvalue weighted by Crippen LogP contribution is 2.71. The summed E-state index contributed by atoms with van der Waals surface area (Å²) < 4.78 is 29.9. The molecule has 0 radical (unpaired) electrons. The Balaban J connectivity index is 1.32. The first-order valence-electron chi connectivity index (χ1n) is 19.2. The van der Waals surface area contributed by atoms with Crippen LogP contribution in [0.5, 0.6) is 0 Å². The maximum atomic E-state index is 14.1. The van der Waals surface area contributed by atoms with E-state index in [0.29, 0.717) is 16.7 Å². The second-order valence-electron chi connectivity index (χ2n) is 17.5. The van der Waals surface area contributed by atoms with Gasteiger partial charge in [-0.1, -0.05) is 68.5 Å². The van der Waals surface area contributed by atoms with Crippen molar-refractivity contribution >= 4 is 24.0 Å². The van der Waals surface area contributed by atoms with E-state index in [4.69, 9.17) is 23.7 Å². The van der Waals surface area contributed by atoms with E-state index in [9.17, 15) is 39.6 Å². The Morgan fingerprint density at radius 3 is 2.18 bits per heavy atom. The molecule has 5 N–H and O–H groups in total. The van der Waals surface area contributed by atoms with Gasteiger partial charge >= 0.3 is 24.0 Å². The van der Waals surface area contributed by atoms with Crippen LogP contribution in [0.25, 0.3) is 0 Å². The van der Waals surface area contributed by atoms with Gasteiger partial charge in [0.15, 0.2) is 11.7 Å². The maximum Gasteiger partial charge on any atom is 0.408 e. The minimum absolute atomic E-state index is 0.0355. The van der Waals surface area contributed by atoms with Crippen LogP contribution in [0.3, 0.4) is 0 Å². The largest absolute Gasteiger partial charge is 0.456 e. The summed E-state index contributed by atoms with van der Waals surface area (Å²) in [6.45, 7) is 11.1. The molecule has 11 atom stereocenters. The molecule has 1 aliphatic heterocycles. The lowest BCUT2D eigenvalue weighted by Gasteiger charge is -2.65. The highest BCUT2D eigenvalue weighted by Gasteiger charge is 2.80. The number of fused-ring (bicyclic) bond motifs is 4. The number of aliphatic hydroxyl groups is 4. The summed E-state index contributed by atoms with van der Waals surface area (Å²) >= 11 is 0. The molecule has 4 aliphatic carbocycles. The molecule has 3 fully saturated rings. The Hall–Kier alpha value is -4.60. The smallest absolute Gasteiger partial charge is 0.408 e. The zero-order valence-electron chi connectivity index (χ0n) is 33.1. The SMILES string of the molecule is CC(=O)O[C@@]12CO[C@@H]1C[C@H](O)[C@@]13C=C1[C@H](O)C1=C(C)[C@@H](OC(=O)[C@H](O)[C@@H](NC(=O)OC(C)(C)C)c4ccccc4)C[C@@](O)([C@@H](OC(=O)c4ccccc4)[C@H]23)C1(C)C. The number of hydrogen-bond donors (Lipinski definition) is 5. The summed E-state index contributed by atoms with van der Waals surface area (Å²) in [4.78, 5) is 54.0. The van der Waals surface area contributed by atoms with Crippen molar-refractivity contribution in [1.82, 2.24) is 5.32 Å². The molecule has 7 rings (SSSR count). The molecular formula is C43H51NO13.